The molecule has 1 heterocycles. The van der Waals surface area contributed by atoms with Crippen LogP contribution in [0.25, 0.3) is 0 Å². The lowest BCUT2D eigenvalue weighted by molar-refractivity contribution is 0.166. The van der Waals surface area contributed by atoms with Crippen LogP contribution in [0.2, 0.25) is 5.02 Å². The van der Waals surface area contributed by atoms with Gasteiger partial charge in [0.05, 0.1) is 6.54 Å². The van der Waals surface area contributed by atoms with Gasteiger partial charge in [0, 0.05) is 17.6 Å². The largest absolute Gasteiger partial charge is 0.462 e. The van der Waals surface area contributed by atoms with Crippen molar-refractivity contribution in [2.45, 2.75) is 46.0 Å². The lowest BCUT2D eigenvalue weighted by Gasteiger charge is -2.28. The number of benzene rings is 1. The standard InChI is InChI=1S/C17H22ClNO2/c1-3-13(2)19(10-14-6-4-5-7-17(14)18)11-15-8-9-16(12-20)21-15/h4-9,13,20H,3,10-12H2,1-2H3/t13-/m1/s1. The van der Waals surface area contributed by atoms with Gasteiger partial charge in [-0.3, -0.25) is 4.90 Å². The van der Waals surface area contributed by atoms with Gasteiger partial charge in [0.25, 0.3) is 0 Å². The Labute approximate surface area is 131 Å². The van der Waals surface area contributed by atoms with E-state index >= 15 is 0 Å². The fourth-order valence-corrected chi connectivity index (χ4v) is 2.46. The molecule has 1 N–H and O–H groups in total. The maximum absolute atomic E-state index is 9.09. The van der Waals surface area contributed by atoms with Crippen molar-refractivity contribution in [3.63, 3.8) is 0 Å². The second kappa shape index (κ2) is 7.64. The second-order valence-corrected chi connectivity index (χ2v) is 5.69. The smallest absolute Gasteiger partial charge is 0.129 e. The third kappa shape index (κ3) is 4.34. The van der Waals surface area contributed by atoms with Gasteiger partial charge in [-0.1, -0.05) is 36.7 Å². The van der Waals surface area contributed by atoms with E-state index in [0.29, 0.717) is 18.3 Å². The molecule has 1 atom stereocenters. The monoisotopic (exact) mass is 307 g/mol. The van der Waals surface area contributed by atoms with Crippen molar-refractivity contribution in [2.24, 2.45) is 0 Å². The van der Waals surface area contributed by atoms with E-state index in [1.54, 1.807) is 0 Å². The summed E-state index contributed by atoms with van der Waals surface area (Å²) < 4.78 is 5.60. The van der Waals surface area contributed by atoms with Crippen molar-refractivity contribution >= 4 is 11.6 Å². The summed E-state index contributed by atoms with van der Waals surface area (Å²) in [4.78, 5) is 2.33. The van der Waals surface area contributed by atoms with Gasteiger partial charge < -0.3 is 9.52 Å². The predicted molar refractivity (Wildman–Crippen MR) is 85.1 cm³/mol. The van der Waals surface area contributed by atoms with Crippen LogP contribution in [0.15, 0.2) is 40.8 Å². The van der Waals surface area contributed by atoms with E-state index in [0.717, 1.165) is 29.3 Å². The van der Waals surface area contributed by atoms with Gasteiger partial charge in [-0.05, 0) is 37.1 Å². The first-order chi connectivity index (χ1) is 10.1. The van der Waals surface area contributed by atoms with Gasteiger partial charge in [0.15, 0.2) is 0 Å². The number of furan rings is 1. The van der Waals surface area contributed by atoms with Gasteiger partial charge in [0.1, 0.15) is 18.1 Å². The summed E-state index contributed by atoms with van der Waals surface area (Å²) >= 11 is 6.26. The molecule has 0 unspecified atom stereocenters. The number of aliphatic hydroxyl groups is 1. The van der Waals surface area contributed by atoms with Crippen LogP contribution >= 0.6 is 11.6 Å². The Morgan fingerprint density at radius 1 is 1.14 bits per heavy atom. The maximum Gasteiger partial charge on any atom is 0.129 e. The highest BCUT2D eigenvalue weighted by Gasteiger charge is 2.16. The topological polar surface area (TPSA) is 36.6 Å². The molecule has 2 rings (SSSR count). The maximum atomic E-state index is 9.09. The third-order valence-electron chi connectivity index (χ3n) is 3.78. The molecule has 4 heteroatoms. The summed E-state index contributed by atoms with van der Waals surface area (Å²) in [7, 11) is 0. The molecule has 0 aliphatic rings. The highest BCUT2D eigenvalue weighted by molar-refractivity contribution is 6.31. The normalized spacial score (nSPS) is 12.8. The number of aliphatic hydroxyl groups excluding tert-OH is 1. The summed E-state index contributed by atoms with van der Waals surface area (Å²) in [5.41, 5.74) is 1.12. The van der Waals surface area contributed by atoms with Gasteiger partial charge in [-0.15, -0.1) is 0 Å². The van der Waals surface area contributed by atoms with Crippen LogP contribution in [0.4, 0.5) is 0 Å². The van der Waals surface area contributed by atoms with Crippen molar-refractivity contribution in [1.29, 1.82) is 0 Å². The summed E-state index contributed by atoms with van der Waals surface area (Å²) in [5.74, 6) is 1.47. The Bertz CT molecular complexity index is 567. The van der Waals surface area contributed by atoms with E-state index in [1.807, 2.05) is 30.3 Å². The van der Waals surface area contributed by atoms with E-state index < -0.39 is 0 Å². The molecule has 0 aliphatic carbocycles. The zero-order valence-electron chi connectivity index (χ0n) is 12.6. The van der Waals surface area contributed by atoms with Crippen molar-refractivity contribution in [1.82, 2.24) is 4.90 Å². The first kappa shape index (κ1) is 16.1. The van der Waals surface area contributed by atoms with Gasteiger partial charge in [-0.25, -0.2) is 0 Å². The van der Waals surface area contributed by atoms with Crippen LogP contribution in [0.3, 0.4) is 0 Å². The fourth-order valence-electron chi connectivity index (χ4n) is 2.26. The Kier molecular flexibility index (Phi) is 5.85. The molecule has 0 fully saturated rings. The number of nitrogens with zero attached hydrogens (tertiary/aromatic N) is 1. The Balaban J connectivity index is 2.13. The molecule has 0 saturated heterocycles. The van der Waals surface area contributed by atoms with Crippen LogP contribution in [-0.2, 0) is 19.7 Å². The summed E-state index contributed by atoms with van der Waals surface area (Å²) in [6.07, 6.45) is 1.05. The van der Waals surface area contributed by atoms with Crippen LogP contribution in [-0.4, -0.2) is 16.0 Å². The van der Waals surface area contributed by atoms with Crippen LogP contribution in [0.1, 0.15) is 37.4 Å². The molecule has 0 spiro atoms. The Hall–Kier alpha value is -1.29. The molecular formula is C17H22ClNO2. The van der Waals surface area contributed by atoms with E-state index in [4.69, 9.17) is 21.1 Å². The quantitative estimate of drug-likeness (QED) is 0.832. The SMILES string of the molecule is CC[C@@H](C)N(Cc1ccc(CO)o1)Cc1ccccc1Cl. The van der Waals surface area contributed by atoms with E-state index in [2.05, 4.69) is 24.8 Å². The number of rotatable bonds is 7. The number of hydrogen-bond donors (Lipinski definition) is 1. The van der Waals surface area contributed by atoms with Crippen molar-refractivity contribution in [2.75, 3.05) is 0 Å². The average molecular weight is 308 g/mol. The predicted octanol–water partition coefficient (Wildman–Crippen LogP) is 4.23. The number of halogens is 1. The first-order valence-electron chi connectivity index (χ1n) is 7.30. The molecule has 2 aromatic rings. The molecule has 0 bridgehead atoms. The molecule has 0 radical (unpaired) electrons. The van der Waals surface area contributed by atoms with Crippen LogP contribution in [0.5, 0.6) is 0 Å². The van der Waals surface area contributed by atoms with E-state index in [9.17, 15) is 0 Å². The molecule has 1 aromatic carbocycles. The molecule has 0 saturated carbocycles. The van der Waals surface area contributed by atoms with Crippen molar-refractivity contribution in [3.8, 4) is 0 Å². The minimum atomic E-state index is -0.0617. The van der Waals surface area contributed by atoms with Gasteiger partial charge in [-0.2, -0.15) is 0 Å². The zero-order valence-corrected chi connectivity index (χ0v) is 13.3. The molecule has 114 valence electrons. The first-order valence-corrected chi connectivity index (χ1v) is 7.67. The van der Waals surface area contributed by atoms with Crippen molar-refractivity contribution in [3.05, 3.63) is 58.5 Å². The summed E-state index contributed by atoms with van der Waals surface area (Å²) in [6, 6.07) is 12.1. The van der Waals surface area contributed by atoms with E-state index in [-0.39, 0.29) is 6.61 Å². The molecule has 3 nitrogen and oxygen atoms in total. The Morgan fingerprint density at radius 3 is 2.48 bits per heavy atom. The zero-order chi connectivity index (χ0) is 15.2. The molecule has 0 amide bonds. The van der Waals surface area contributed by atoms with Crippen LogP contribution < -0.4 is 0 Å². The third-order valence-corrected chi connectivity index (χ3v) is 4.15. The minimum absolute atomic E-state index is 0.0617. The van der Waals surface area contributed by atoms with Crippen molar-refractivity contribution < 1.29 is 9.52 Å². The molecule has 1 aromatic heterocycles. The van der Waals surface area contributed by atoms with Crippen LogP contribution in [0, 0.1) is 0 Å². The fraction of sp³-hybridized carbons (Fsp3) is 0.412. The molecular weight excluding hydrogens is 286 g/mol. The molecule has 21 heavy (non-hydrogen) atoms. The lowest BCUT2D eigenvalue weighted by Crippen LogP contribution is -2.31. The Morgan fingerprint density at radius 2 is 1.86 bits per heavy atom. The lowest BCUT2D eigenvalue weighted by atomic mass is 10.1. The molecule has 0 aliphatic heterocycles. The highest BCUT2D eigenvalue weighted by Crippen LogP contribution is 2.21. The highest BCUT2D eigenvalue weighted by atomic mass is 35.5. The number of hydrogen-bond acceptors (Lipinski definition) is 3. The summed E-state index contributed by atoms with van der Waals surface area (Å²) in [6.45, 7) is 5.80. The minimum Gasteiger partial charge on any atom is -0.462 e. The second-order valence-electron chi connectivity index (χ2n) is 5.28. The summed E-state index contributed by atoms with van der Waals surface area (Å²) in [5, 5.41) is 9.88. The van der Waals surface area contributed by atoms with E-state index in [1.165, 1.54) is 0 Å². The van der Waals surface area contributed by atoms with Gasteiger partial charge in [0.2, 0.25) is 0 Å². The van der Waals surface area contributed by atoms with Gasteiger partial charge >= 0.3 is 0 Å². The average Bonchev–Trinajstić information content (AvgIpc) is 2.95.